The highest BCUT2D eigenvalue weighted by Crippen LogP contribution is 2.16. The molecule has 0 aromatic heterocycles. The van der Waals surface area contributed by atoms with Crippen molar-refractivity contribution in [2.45, 2.75) is 13.1 Å². The molecule has 0 aliphatic rings. The third-order valence-electron chi connectivity index (χ3n) is 8.11. The van der Waals surface area contributed by atoms with E-state index in [9.17, 15) is 19.2 Å². The van der Waals surface area contributed by atoms with Crippen molar-refractivity contribution in [2.75, 3.05) is 54.5 Å². The zero-order chi connectivity index (χ0) is 40.9. The minimum atomic E-state index is -1.23. The predicted molar refractivity (Wildman–Crippen MR) is 212 cm³/mol. The average molecular weight is 828 g/mol. The summed E-state index contributed by atoms with van der Waals surface area (Å²) in [6, 6.07) is 33.9. The molecule has 0 atom stereocenters. The summed E-state index contributed by atoms with van der Waals surface area (Å²) in [5.74, 6) is -1.98. The maximum absolute atomic E-state index is 12.4. The molecule has 0 saturated heterocycles. The van der Waals surface area contributed by atoms with Crippen LogP contribution in [-0.2, 0) is 36.9 Å². The van der Waals surface area contributed by atoms with Crippen molar-refractivity contribution >= 4 is 29.5 Å². The van der Waals surface area contributed by atoms with E-state index in [2.05, 4.69) is 47.9 Å². The van der Waals surface area contributed by atoms with Crippen LogP contribution in [0.5, 0.6) is 0 Å². The van der Waals surface area contributed by atoms with Crippen molar-refractivity contribution < 1.29 is 64.5 Å². The largest absolute Gasteiger partial charge is 1.00 e. The van der Waals surface area contributed by atoms with Crippen molar-refractivity contribution in [2.24, 2.45) is 0 Å². The number of halogens is 1. The molecule has 0 saturated carbocycles. The molecule has 296 valence electrons. The molecule has 11 heteroatoms. The van der Waals surface area contributed by atoms with Crippen LogP contribution in [0.15, 0.2) is 147 Å². The van der Waals surface area contributed by atoms with E-state index in [0.29, 0.717) is 57.5 Å². The number of carboxylic acid groups (broad SMARTS) is 1. The highest BCUT2D eigenvalue weighted by atomic mass is 79.9. The van der Waals surface area contributed by atoms with Crippen molar-refractivity contribution in [3.8, 4) is 0 Å². The second-order valence-electron chi connectivity index (χ2n) is 13.7. The van der Waals surface area contributed by atoms with Crippen LogP contribution in [0.3, 0.4) is 0 Å². The Balaban J connectivity index is 0.000000492. The number of carboxylic acids is 1. The molecule has 0 unspecified atom stereocenters. The molecular formula is C45H51BrN2O8. The fourth-order valence-corrected chi connectivity index (χ4v) is 5.09. The lowest BCUT2D eigenvalue weighted by atomic mass is 10.0. The molecule has 0 radical (unpaired) electrons. The Bertz CT molecular complexity index is 1760. The molecule has 0 N–H and O–H groups in total. The third-order valence-corrected chi connectivity index (χ3v) is 8.11. The number of likely N-dealkylation sites (N-methyl/N-ethyl adjacent to an activating group) is 2. The van der Waals surface area contributed by atoms with Gasteiger partial charge in [0, 0.05) is 45.5 Å². The van der Waals surface area contributed by atoms with E-state index in [0.717, 1.165) is 30.3 Å². The first-order valence-corrected chi connectivity index (χ1v) is 17.5. The van der Waals surface area contributed by atoms with Gasteiger partial charge in [-0.1, -0.05) is 129 Å². The molecule has 4 rings (SSSR count). The van der Waals surface area contributed by atoms with Crippen molar-refractivity contribution in [3.05, 3.63) is 181 Å². The maximum Gasteiger partial charge on any atom is 0.330 e. The van der Waals surface area contributed by atoms with E-state index in [4.69, 9.17) is 19.4 Å². The lowest BCUT2D eigenvalue weighted by Gasteiger charge is -2.29. The lowest BCUT2D eigenvalue weighted by Crippen LogP contribution is -3.00. The molecule has 0 aliphatic heterocycles. The van der Waals surface area contributed by atoms with Crippen LogP contribution in [0.1, 0.15) is 43.0 Å². The molecule has 4 aromatic rings. The second-order valence-corrected chi connectivity index (χ2v) is 13.7. The van der Waals surface area contributed by atoms with Crippen LogP contribution < -0.4 is 22.1 Å². The van der Waals surface area contributed by atoms with Gasteiger partial charge in [-0.05, 0) is 6.08 Å². The number of rotatable bonds is 17. The summed E-state index contributed by atoms with van der Waals surface area (Å²) in [5, 5.41) is 9.14. The van der Waals surface area contributed by atoms with Gasteiger partial charge < -0.3 is 45.3 Å². The molecule has 0 spiro atoms. The number of ether oxygens (including phenoxy) is 2. The number of aliphatic carboxylic acids is 1. The van der Waals surface area contributed by atoms with Gasteiger partial charge in [0.2, 0.25) is 0 Å². The second kappa shape index (κ2) is 24.6. The Hall–Kier alpha value is -5.75. The zero-order valence-electron chi connectivity index (χ0n) is 32.5. The smallest absolute Gasteiger partial charge is 0.330 e. The first kappa shape index (κ1) is 48.3. The minimum absolute atomic E-state index is 0. The van der Waals surface area contributed by atoms with Crippen molar-refractivity contribution in [3.63, 3.8) is 0 Å². The van der Waals surface area contributed by atoms with Gasteiger partial charge in [0.05, 0.1) is 34.2 Å². The fourth-order valence-electron chi connectivity index (χ4n) is 5.09. The number of hydrogen-bond acceptors (Lipinski definition) is 8. The van der Waals surface area contributed by atoms with Gasteiger partial charge in [0.25, 0.3) is 0 Å². The zero-order valence-corrected chi connectivity index (χ0v) is 34.1. The summed E-state index contributed by atoms with van der Waals surface area (Å²) in [6.45, 7) is 13.3. The Kier molecular flexibility index (Phi) is 21.2. The standard InChI is InChI=1S/2C21H24NO3.C3H4O2.BrH/c2*1-4-20(23)25-15-14-22(2,3)16-17-10-12-19(13-11-17)21(24)18-8-6-5-7-9-18;1-2-3(4)5;/h2*4-13H,1,14-16H2,2-3H3;2H,1H2,(H,4,5);1H/q2*+1;;/p-2. The van der Waals surface area contributed by atoms with Gasteiger partial charge >= 0.3 is 11.9 Å². The summed E-state index contributed by atoms with van der Waals surface area (Å²) in [5.41, 5.74) is 5.00. The Morgan fingerprint density at radius 2 is 0.804 bits per heavy atom. The van der Waals surface area contributed by atoms with Gasteiger partial charge in [-0.15, -0.1) is 0 Å². The average Bonchev–Trinajstić information content (AvgIpc) is 3.18. The number of benzene rings is 4. The number of esters is 2. The van der Waals surface area contributed by atoms with E-state index in [1.54, 1.807) is 0 Å². The summed E-state index contributed by atoms with van der Waals surface area (Å²) < 4.78 is 11.4. The van der Waals surface area contributed by atoms with Gasteiger partial charge in [0.1, 0.15) is 39.4 Å². The number of quaternary nitrogens is 2. The maximum atomic E-state index is 12.4. The van der Waals surface area contributed by atoms with Crippen LogP contribution in [-0.4, -0.2) is 92.9 Å². The number of hydrogen-bond donors (Lipinski definition) is 0. The molecule has 0 bridgehead atoms. The Morgan fingerprint density at radius 3 is 1.07 bits per heavy atom. The first-order chi connectivity index (χ1) is 26.1. The predicted octanol–water partition coefficient (Wildman–Crippen LogP) is 2.37. The van der Waals surface area contributed by atoms with Crippen molar-refractivity contribution in [1.82, 2.24) is 0 Å². The van der Waals surface area contributed by atoms with Crippen LogP contribution in [0, 0.1) is 0 Å². The van der Waals surface area contributed by atoms with Crippen LogP contribution in [0.25, 0.3) is 0 Å². The van der Waals surface area contributed by atoms with Gasteiger partial charge in [-0.3, -0.25) is 9.59 Å². The van der Waals surface area contributed by atoms with Crippen molar-refractivity contribution in [1.29, 1.82) is 0 Å². The number of ketones is 2. The number of carbonyl (C=O) groups is 5. The number of nitrogens with zero attached hydrogens (tertiary/aromatic N) is 2. The minimum Gasteiger partial charge on any atom is -1.00 e. The van der Waals surface area contributed by atoms with Gasteiger partial charge in [-0.25, -0.2) is 9.59 Å². The molecule has 0 fully saturated rings. The van der Waals surface area contributed by atoms with Crippen LogP contribution in [0.4, 0.5) is 0 Å². The number of carbonyl (C=O) groups excluding carboxylic acids is 5. The summed E-state index contributed by atoms with van der Waals surface area (Å²) in [6.07, 6.45) is 3.06. The highest BCUT2D eigenvalue weighted by molar-refractivity contribution is 6.09. The lowest BCUT2D eigenvalue weighted by molar-refractivity contribution is -0.903. The third kappa shape index (κ3) is 18.5. The molecule has 0 aliphatic carbocycles. The highest BCUT2D eigenvalue weighted by Gasteiger charge is 2.19. The normalized spacial score (nSPS) is 10.4. The summed E-state index contributed by atoms with van der Waals surface area (Å²) in [7, 11) is 8.30. The van der Waals surface area contributed by atoms with Crippen LogP contribution >= 0.6 is 0 Å². The monoisotopic (exact) mass is 826 g/mol. The van der Waals surface area contributed by atoms with E-state index < -0.39 is 17.9 Å². The first-order valence-electron chi connectivity index (χ1n) is 17.5. The Morgan fingerprint density at radius 1 is 0.518 bits per heavy atom. The molecule has 10 nitrogen and oxygen atoms in total. The fraction of sp³-hybridized carbons (Fsp3) is 0.222. The summed E-state index contributed by atoms with van der Waals surface area (Å²) in [4.78, 5) is 56.2. The van der Waals surface area contributed by atoms with Gasteiger partial charge in [0.15, 0.2) is 11.6 Å². The molecule has 4 aromatic carbocycles. The summed E-state index contributed by atoms with van der Waals surface area (Å²) >= 11 is 0. The molecule has 0 amide bonds. The molecule has 56 heavy (non-hydrogen) atoms. The Labute approximate surface area is 340 Å². The van der Waals surface area contributed by atoms with E-state index in [1.165, 1.54) is 12.2 Å². The quantitative estimate of drug-likeness (QED) is 0.0688. The topological polar surface area (TPSA) is 127 Å². The van der Waals surface area contributed by atoms with Gasteiger partial charge in [-0.2, -0.15) is 0 Å². The SMILES string of the molecule is C=CC(=O)OCC[N+](C)(C)Cc1ccc(C(=O)c2ccccc2)cc1.C=CC(=O)OCC[N+](C)(C)Cc1ccc(C(=O)c2ccccc2)cc1.C=CC(=O)[O-].[Br-]. The van der Waals surface area contributed by atoms with E-state index >= 15 is 0 Å². The van der Waals surface area contributed by atoms with E-state index in [-0.39, 0.29) is 28.5 Å². The molecular weight excluding hydrogens is 776 g/mol. The molecule has 0 heterocycles. The van der Waals surface area contributed by atoms with Crippen LogP contribution in [0.2, 0.25) is 0 Å². The van der Waals surface area contributed by atoms with E-state index in [1.807, 2.05) is 109 Å².